The maximum Gasteiger partial charge on any atom is 0.252 e. The molecule has 0 aliphatic carbocycles. The fourth-order valence-corrected chi connectivity index (χ4v) is 4.04. The molecule has 1 fully saturated rings. The van der Waals surface area contributed by atoms with Crippen LogP contribution in [0, 0.1) is 0 Å². The van der Waals surface area contributed by atoms with Crippen LogP contribution in [0.3, 0.4) is 0 Å². The van der Waals surface area contributed by atoms with Crippen molar-refractivity contribution < 1.29 is 9.90 Å². The second-order valence-electron chi connectivity index (χ2n) is 4.86. The van der Waals surface area contributed by atoms with E-state index in [0.29, 0.717) is 12.8 Å². The topological polar surface area (TPSA) is 62.2 Å². The highest BCUT2D eigenvalue weighted by Crippen LogP contribution is 2.28. The molecule has 2 rings (SSSR count). The van der Waals surface area contributed by atoms with E-state index >= 15 is 0 Å². The lowest BCUT2D eigenvalue weighted by atomic mass is 9.95. The summed E-state index contributed by atoms with van der Waals surface area (Å²) in [6, 6.07) is -0.142. The monoisotopic (exact) mass is 300 g/mol. The van der Waals surface area contributed by atoms with Crippen LogP contribution in [-0.4, -0.2) is 33.1 Å². The van der Waals surface area contributed by atoms with Gasteiger partial charge in [-0.1, -0.05) is 6.92 Å². The first kappa shape index (κ1) is 14.8. The average Bonchev–Trinajstić information content (AvgIpc) is 2.88. The van der Waals surface area contributed by atoms with Crippen molar-refractivity contribution in [3.63, 3.8) is 0 Å². The second-order valence-corrected chi connectivity index (χ2v) is 7.23. The summed E-state index contributed by atoms with van der Waals surface area (Å²) >= 11 is 3.40. The van der Waals surface area contributed by atoms with Crippen LogP contribution in [0.1, 0.15) is 42.6 Å². The van der Waals surface area contributed by atoms with Crippen LogP contribution in [0.4, 0.5) is 0 Å². The van der Waals surface area contributed by atoms with Crippen molar-refractivity contribution in [3.8, 4) is 0 Å². The Morgan fingerprint density at radius 3 is 2.84 bits per heavy atom. The molecule has 0 radical (unpaired) electrons. The first-order chi connectivity index (χ1) is 9.05. The Labute approximate surface area is 122 Å². The average molecular weight is 300 g/mol. The Balaban J connectivity index is 1.97. The summed E-state index contributed by atoms with van der Waals surface area (Å²) in [6.07, 6.45) is 3.89. The van der Waals surface area contributed by atoms with E-state index in [1.807, 2.05) is 13.1 Å². The minimum Gasteiger partial charge on any atom is -0.380 e. The highest BCUT2D eigenvalue weighted by atomic mass is 32.2. The molecule has 2 heterocycles. The maximum atomic E-state index is 12.2. The Bertz CT molecular complexity index is 442. The summed E-state index contributed by atoms with van der Waals surface area (Å²) in [5.74, 6) is 1.43. The zero-order valence-electron chi connectivity index (χ0n) is 11.3. The number of aromatic nitrogens is 1. The molecule has 1 atom stereocenters. The normalized spacial score (nSPS) is 19.9. The summed E-state index contributed by atoms with van der Waals surface area (Å²) in [5.41, 5.74) is -1.19. The van der Waals surface area contributed by atoms with E-state index in [9.17, 15) is 9.90 Å². The fraction of sp³-hybridized carbons (Fsp3) is 0.692. The van der Waals surface area contributed by atoms with Gasteiger partial charge in [-0.05, 0) is 37.7 Å². The van der Waals surface area contributed by atoms with E-state index in [-0.39, 0.29) is 11.9 Å². The van der Waals surface area contributed by atoms with E-state index in [2.05, 4.69) is 17.2 Å². The van der Waals surface area contributed by atoms with Crippen LogP contribution in [-0.2, 0) is 11.2 Å². The number of carbonyl (C=O) groups excluding carboxylic acids is 1. The Morgan fingerprint density at radius 2 is 2.26 bits per heavy atom. The number of hydrogen-bond acceptors (Lipinski definition) is 5. The van der Waals surface area contributed by atoms with Crippen molar-refractivity contribution in [2.24, 2.45) is 0 Å². The van der Waals surface area contributed by atoms with E-state index in [4.69, 9.17) is 0 Å². The minimum absolute atomic E-state index is 0.142. The molecule has 2 N–H and O–H groups in total. The van der Waals surface area contributed by atoms with Crippen LogP contribution in [0.5, 0.6) is 0 Å². The summed E-state index contributed by atoms with van der Waals surface area (Å²) < 4.78 is 0. The third-order valence-electron chi connectivity index (χ3n) is 3.38. The lowest BCUT2D eigenvalue weighted by Crippen LogP contribution is -2.49. The summed E-state index contributed by atoms with van der Waals surface area (Å²) in [7, 11) is 0. The SMILES string of the molecule is CCc1cnc(C(C)NC(=O)C2(O)CCSCC2)s1. The van der Waals surface area contributed by atoms with Gasteiger partial charge in [-0.2, -0.15) is 11.8 Å². The maximum absolute atomic E-state index is 12.2. The summed E-state index contributed by atoms with van der Waals surface area (Å²) in [4.78, 5) is 17.7. The highest BCUT2D eigenvalue weighted by Gasteiger charge is 2.38. The Hall–Kier alpha value is -0.590. The van der Waals surface area contributed by atoms with E-state index in [1.165, 1.54) is 4.88 Å². The molecule has 106 valence electrons. The van der Waals surface area contributed by atoms with Crippen molar-refractivity contribution in [1.29, 1.82) is 0 Å². The van der Waals surface area contributed by atoms with Gasteiger partial charge in [0.15, 0.2) is 0 Å². The van der Waals surface area contributed by atoms with Gasteiger partial charge in [0, 0.05) is 11.1 Å². The van der Waals surface area contributed by atoms with Crippen molar-refractivity contribution in [3.05, 3.63) is 16.1 Å². The second kappa shape index (κ2) is 6.24. The molecule has 0 bridgehead atoms. The van der Waals surface area contributed by atoms with Gasteiger partial charge in [0.1, 0.15) is 10.6 Å². The van der Waals surface area contributed by atoms with Gasteiger partial charge in [-0.15, -0.1) is 11.3 Å². The molecule has 1 saturated heterocycles. The van der Waals surface area contributed by atoms with Gasteiger partial charge in [-0.3, -0.25) is 4.79 Å². The first-order valence-electron chi connectivity index (χ1n) is 6.61. The molecule has 1 amide bonds. The third-order valence-corrected chi connectivity index (χ3v) is 5.69. The molecule has 1 aromatic heterocycles. The van der Waals surface area contributed by atoms with Crippen molar-refractivity contribution in [2.45, 2.75) is 44.8 Å². The molecule has 19 heavy (non-hydrogen) atoms. The first-order valence-corrected chi connectivity index (χ1v) is 8.58. The van der Waals surface area contributed by atoms with Crippen molar-refractivity contribution in [2.75, 3.05) is 11.5 Å². The van der Waals surface area contributed by atoms with Crippen LogP contribution in [0.2, 0.25) is 0 Å². The number of thioether (sulfide) groups is 1. The Kier molecular flexibility index (Phi) is 4.86. The molecule has 0 saturated carbocycles. The Morgan fingerprint density at radius 1 is 1.58 bits per heavy atom. The number of hydrogen-bond donors (Lipinski definition) is 2. The molecule has 1 unspecified atom stereocenters. The predicted molar refractivity (Wildman–Crippen MR) is 79.6 cm³/mol. The molecular formula is C13H20N2O2S2. The zero-order valence-corrected chi connectivity index (χ0v) is 12.9. The number of carbonyl (C=O) groups is 1. The van der Waals surface area contributed by atoms with Gasteiger partial charge in [0.05, 0.1) is 6.04 Å². The van der Waals surface area contributed by atoms with Gasteiger partial charge in [-0.25, -0.2) is 4.98 Å². The van der Waals surface area contributed by atoms with Crippen LogP contribution in [0.15, 0.2) is 6.20 Å². The number of aryl methyl sites for hydroxylation is 1. The van der Waals surface area contributed by atoms with Crippen molar-refractivity contribution >= 4 is 29.0 Å². The number of thiazole rings is 1. The number of nitrogens with one attached hydrogen (secondary N) is 1. The molecule has 1 aromatic rings. The summed E-state index contributed by atoms with van der Waals surface area (Å²) in [6.45, 7) is 4.00. The van der Waals surface area contributed by atoms with Crippen LogP contribution in [0.25, 0.3) is 0 Å². The molecule has 0 aromatic carbocycles. The molecule has 1 aliphatic heterocycles. The molecular weight excluding hydrogens is 280 g/mol. The number of nitrogens with zero attached hydrogens (tertiary/aromatic N) is 1. The molecule has 0 spiro atoms. The summed E-state index contributed by atoms with van der Waals surface area (Å²) in [5, 5.41) is 14.1. The number of aliphatic hydroxyl groups is 1. The standard InChI is InChI=1S/C13H20N2O2S2/c1-3-10-8-14-11(19-10)9(2)15-12(16)13(17)4-6-18-7-5-13/h8-9,17H,3-7H2,1-2H3,(H,15,16). The quantitative estimate of drug-likeness (QED) is 0.894. The number of rotatable bonds is 4. The van der Waals surface area contributed by atoms with Gasteiger partial charge in [0.2, 0.25) is 0 Å². The van der Waals surface area contributed by atoms with Gasteiger partial charge >= 0.3 is 0 Å². The fourth-order valence-electron chi connectivity index (χ4n) is 2.02. The van der Waals surface area contributed by atoms with Crippen LogP contribution < -0.4 is 5.32 Å². The van der Waals surface area contributed by atoms with Gasteiger partial charge < -0.3 is 10.4 Å². The zero-order chi connectivity index (χ0) is 13.9. The minimum atomic E-state index is -1.19. The smallest absolute Gasteiger partial charge is 0.252 e. The molecule has 4 nitrogen and oxygen atoms in total. The third kappa shape index (κ3) is 3.49. The predicted octanol–water partition coefficient (Wildman–Crippen LogP) is 2.14. The van der Waals surface area contributed by atoms with Gasteiger partial charge in [0.25, 0.3) is 5.91 Å². The van der Waals surface area contributed by atoms with Crippen LogP contribution >= 0.6 is 23.1 Å². The van der Waals surface area contributed by atoms with E-state index in [1.54, 1.807) is 23.1 Å². The number of amides is 1. The lowest BCUT2D eigenvalue weighted by molar-refractivity contribution is -0.141. The van der Waals surface area contributed by atoms with E-state index < -0.39 is 5.60 Å². The van der Waals surface area contributed by atoms with E-state index in [0.717, 1.165) is 22.9 Å². The molecule has 1 aliphatic rings. The molecule has 6 heteroatoms. The lowest BCUT2D eigenvalue weighted by Gasteiger charge is -2.31. The largest absolute Gasteiger partial charge is 0.380 e. The highest BCUT2D eigenvalue weighted by molar-refractivity contribution is 7.99. The van der Waals surface area contributed by atoms with Crippen molar-refractivity contribution in [1.82, 2.24) is 10.3 Å².